The zero-order valence-corrected chi connectivity index (χ0v) is 16.6. The number of rotatable bonds is 4. The van der Waals surface area contributed by atoms with E-state index in [9.17, 15) is 14.0 Å². The molecule has 28 heavy (non-hydrogen) atoms. The van der Waals surface area contributed by atoms with Gasteiger partial charge in [-0.3, -0.25) is 20.4 Å². The first-order chi connectivity index (χ1) is 13.3. The summed E-state index contributed by atoms with van der Waals surface area (Å²) in [7, 11) is 0. The van der Waals surface area contributed by atoms with Gasteiger partial charge in [-0.2, -0.15) is 0 Å². The van der Waals surface area contributed by atoms with E-state index in [1.165, 1.54) is 36.5 Å². The van der Waals surface area contributed by atoms with Crippen LogP contribution in [0.2, 0.25) is 0 Å². The lowest BCUT2D eigenvalue weighted by Crippen LogP contribution is -2.47. The molecule has 0 radical (unpaired) electrons. The number of hydrogen-bond donors (Lipinski definition) is 2. The van der Waals surface area contributed by atoms with Crippen molar-refractivity contribution in [2.45, 2.75) is 33.8 Å². The first-order valence-corrected chi connectivity index (χ1v) is 9.35. The van der Waals surface area contributed by atoms with Gasteiger partial charge in [-0.25, -0.2) is 14.4 Å². The van der Waals surface area contributed by atoms with Crippen LogP contribution in [0.15, 0.2) is 24.3 Å². The second-order valence-electron chi connectivity index (χ2n) is 6.23. The van der Waals surface area contributed by atoms with Crippen molar-refractivity contribution >= 4 is 33.4 Å². The van der Waals surface area contributed by atoms with Crippen LogP contribution in [-0.4, -0.2) is 27.9 Å². The zero-order valence-electron chi connectivity index (χ0n) is 15.8. The van der Waals surface area contributed by atoms with Crippen LogP contribution in [0.1, 0.15) is 33.7 Å². The van der Waals surface area contributed by atoms with Gasteiger partial charge in [-0.15, -0.1) is 11.3 Å². The van der Waals surface area contributed by atoms with Crippen molar-refractivity contribution in [2.24, 2.45) is 0 Å². The number of nitrogens with zero attached hydrogens (tertiary/aromatic N) is 2. The summed E-state index contributed by atoms with van der Waals surface area (Å²) >= 11 is 1.23. The predicted octanol–water partition coefficient (Wildman–Crippen LogP) is 2.98. The molecule has 2 N–H and O–H groups in total. The summed E-state index contributed by atoms with van der Waals surface area (Å²) in [6.45, 7) is 6.92. The molecule has 1 atom stereocenters. The standard InChI is InChI=1S/C19H19FN4O3S/c1-9-15-10(2)21-12(4)22-19(15)28-16(9)18(26)24-23-17(25)11(3)27-14-8-6-5-7-13(14)20/h5-8,11H,1-4H3,(H,23,25)(H,24,26). The molecular weight excluding hydrogens is 383 g/mol. The number of benzene rings is 1. The molecule has 0 aliphatic rings. The Morgan fingerprint density at radius 2 is 1.86 bits per heavy atom. The van der Waals surface area contributed by atoms with Crippen LogP contribution in [0.4, 0.5) is 4.39 Å². The Morgan fingerprint density at radius 3 is 2.57 bits per heavy atom. The molecule has 2 heterocycles. The summed E-state index contributed by atoms with van der Waals surface area (Å²) in [5, 5.41) is 0.836. The van der Waals surface area contributed by atoms with Gasteiger partial charge in [-0.1, -0.05) is 12.1 Å². The molecule has 0 saturated heterocycles. The number of amides is 2. The molecule has 0 bridgehead atoms. The fourth-order valence-corrected chi connectivity index (χ4v) is 3.92. The summed E-state index contributed by atoms with van der Waals surface area (Å²) in [6, 6.07) is 5.78. The Kier molecular flexibility index (Phi) is 5.55. The number of halogens is 1. The maximum Gasteiger partial charge on any atom is 0.280 e. The van der Waals surface area contributed by atoms with Crippen LogP contribution in [0.3, 0.4) is 0 Å². The van der Waals surface area contributed by atoms with Gasteiger partial charge in [-0.05, 0) is 45.4 Å². The van der Waals surface area contributed by atoms with E-state index in [2.05, 4.69) is 20.8 Å². The SMILES string of the molecule is Cc1nc(C)c2c(C)c(C(=O)NNC(=O)C(C)Oc3ccccc3F)sc2n1. The van der Waals surface area contributed by atoms with Crippen molar-refractivity contribution in [3.05, 3.63) is 52.0 Å². The molecule has 7 nitrogen and oxygen atoms in total. The number of fused-ring (bicyclic) bond motifs is 1. The smallest absolute Gasteiger partial charge is 0.280 e. The lowest BCUT2D eigenvalue weighted by atomic mass is 10.1. The Labute approximate surface area is 164 Å². The number of hydrogen-bond acceptors (Lipinski definition) is 6. The van der Waals surface area contributed by atoms with Crippen molar-refractivity contribution < 1.29 is 18.7 Å². The van der Waals surface area contributed by atoms with Crippen molar-refractivity contribution in [1.29, 1.82) is 0 Å². The number of thiophene rings is 1. The largest absolute Gasteiger partial charge is 0.478 e. The molecular formula is C19H19FN4O3S. The molecule has 9 heteroatoms. The van der Waals surface area contributed by atoms with E-state index in [0.717, 1.165) is 21.5 Å². The molecule has 1 aromatic carbocycles. The quantitative estimate of drug-likeness (QED) is 0.655. The molecule has 0 spiro atoms. The minimum atomic E-state index is -1.00. The van der Waals surface area contributed by atoms with E-state index in [1.807, 2.05) is 13.8 Å². The highest BCUT2D eigenvalue weighted by atomic mass is 32.1. The van der Waals surface area contributed by atoms with Crippen LogP contribution in [0, 0.1) is 26.6 Å². The highest BCUT2D eigenvalue weighted by molar-refractivity contribution is 7.20. The Bertz CT molecular complexity index is 1070. The number of hydrazine groups is 1. The first kappa shape index (κ1) is 19.7. The molecule has 0 aliphatic heterocycles. The predicted molar refractivity (Wildman–Crippen MR) is 104 cm³/mol. The topological polar surface area (TPSA) is 93.2 Å². The van der Waals surface area contributed by atoms with Crippen molar-refractivity contribution in [3.63, 3.8) is 0 Å². The normalized spacial score (nSPS) is 11.9. The van der Waals surface area contributed by atoms with Gasteiger partial charge >= 0.3 is 0 Å². The van der Waals surface area contributed by atoms with Crippen LogP contribution in [0.5, 0.6) is 5.75 Å². The number of carbonyl (C=O) groups excluding carboxylic acids is 2. The summed E-state index contributed by atoms with van der Waals surface area (Å²) in [5.74, 6) is -1.06. The molecule has 146 valence electrons. The highest BCUT2D eigenvalue weighted by Gasteiger charge is 2.21. The fourth-order valence-electron chi connectivity index (χ4n) is 2.75. The van der Waals surface area contributed by atoms with E-state index in [1.54, 1.807) is 13.0 Å². The molecule has 1 unspecified atom stereocenters. The Morgan fingerprint density at radius 1 is 1.14 bits per heavy atom. The minimum absolute atomic E-state index is 0.0405. The van der Waals surface area contributed by atoms with Crippen molar-refractivity contribution in [1.82, 2.24) is 20.8 Å². The van der Waals surface area contributed by atoms with Crippen LogP contribution >= 0.6 is 11.3 Å². The number of nitrogens with one attached hydrogen (secondary N) is 2. The maximum atomic E-state index is 13.6. The van der Waals surface area contributed by atoms with Gasteiger partial charge in [0.15, 0.2) is 17.7 Å². The summed E-state index contributed by atoms with van der Waals surface area (Å²) in [6.07, 6.45) is -1.00. The van der Waals surface area contributed by atoms with Crippen LogP contribution in [0.25, 0.3) is 10.2 Å². The molecule has 0 aliphatic carbocycles. The minimum Gasteiger partial charge on any atom is -0.478 e. The van der Waals surface area contributed by atoms with Gasteiger partial charge in [0, 0.05) is 11.1 Å². The van der Waals surface area contributed by atoms with Crippen LogP contribution < -0.4 is 15.6 Å². The highest BCUT2D eigenvalue weighted by Crippen LogP contribution is 2.31. The number of para-hydroxylation sites is 1. The monoisotopic (exact) mass is 402 g/mol. The van der Waals surface area contributed by atoms with Crippen LogP contribution in [-0.2, 0) is 4.79 Å². The van der Waals surface area contributed by atoms with E-state index in [0.29, 0.717) is 10.7 Å². The van der Waals surface area contributed by atoms with E-state index in [-0.39, 0.29) is 5.75 Å². The van der Waals surface area contributed by atoms with Gasteiger partial charge in [0.2, 0.25) is 0 Å². The third-order valence-corrected chi connectivity index (χ3v) is 5.28. The average Bonchev–Trinajstić information content (AvgIpc) is 2.97. The van der Waals surface area contributed by atoms with Gasteiger partial charge in [0.05, 0.1) is 4.88 Å². The van der Waals surface area contributed by atoms with Crippen molar-refractivity contribution in [3.8, 4) is 5.75 Å². The summed E-state index contributed by atoms with van der Waals surface area (Å²) < 4.78 is 18.9. The third-order valence-electron chi connectivity index (χ3n) is 4.10. The maximum absolute atomic E-state index is 13.6. The van der Waals surface area contributed by atoms with E-state index >= 15 is 0 Å². The summed E-state index contributed by atoms with van der Waals surface area (Å²) in [4.78, 5) is 34.5. The van der Waals surface area contributed by atoms with E-state index < -0.39 is 23.7 Å². The zero-order chi connectivity index (χ0) is 20.4. The second kappa shape index (κ2) is 7.89. The molecule has 3 rings (SSSR count). The second-order valence-corrected chi connectivity index (χ2v) is 7.23. The number of aryl methyl sites for hydroxylation is 3. The molecule has 3 aromatic rings. The Hall–Kier alpha value is -3.07. The third kappa shape index (κ3) is 3.94. The fraction of sp³-hybridized carbons (Fsp3) is 0.263. The average molecular weight is 402 g/mol. The Balaban J connectivity index is 1.67. The molecule has 2 aromatic heterocycles. The van der Waals surface area contributed by atoms with Gasteiger partial charge in [0.25, 0.3) is 11.8 Å². The molecule has 0 fully saturated rings. The van der Waals surface area contributed by atoms with Gasteiger partial charge in [0.1, 0.15) is 10.7 Å². The molecule has 0 saturated carbocycles. The van der Waals surface area contributed by atoms with E-state index in [4.69, 9.17) is 4.74 Å². The first-order valence-electron chi connectivity index (χ1n) is 8.53. The number of carbonyl (C=O) groups is 2. The van der Waals surface area contributed by atoms with Gasteiger partial charge < -0.3 is 4.74 Å². The summed E-state index contributed by atoms with van der Waals surface area (Å²) in [5.41, 5.74) is 6.22. The lowest BCUT2D eigenvalue weighted by Gasteiger charge is -2.15. The van der Waals surface area contributed by atoms with Crippen molar-refractivity contribution in [2.75, 3.05) is 0 Å². The number of aromatic nitrogens is 2. The molecule has 2 amide bonds. The number of ether oxygens (including phenoxy) is 1. The lowest BCUT2D eigenvalue weighted by molar-refractivity contribution is -0.128.